The van der Waals surface area contributed by atoms with Gasteiger partial charge in [0.15, 0.2) is 0 Å². The Labute approximate surface area is 94.9 Å². The van der Waals surface area contributed by atoms with Crippen molar-refractivity contribution in [3.05, 3.63) is 24.2 Å². The van der Waals surface area contributed by atoms with Gasteiger partial charge in [0.05, 0.1) is 11.7 Å². The SMILES string of the molecule is CNC(CC1=CNC=CC=N1)C(N)=O.Cl. The molecular weight excluding hydrogens is 216 g/mol. The second-order valence-corrected chi connectivity index (χ2v) is 2.89. The molecule has 0 saturated heterocycles. The molecule has 0 aromatic heterocycles. The zero-order valence-electron chi connectivity index (χ0n) is 8.43. The molecule has 1 amide bonds. The van der Waals surface area contributed by atoms with Gasteiger partial charge in [-0.2, -0.15) is 0 Å². The van der Waals surface area contributed by atoms with Crippen LogP contribution in [0.1, 0.15) is 6.42 Å². The van der Waals surface area contributed by atoms with E-state index in [1.165, 1.54) is 0 Å². The fraction of sp³-hybridized carbons (Fsp3) is 0.333. The van der Waals surface area contributed by atoms with Crippen LogP contribution in [0.15, 0.2) is 29.2 Å². The van der Waals surface area contributed by atoms with Crippen molar-refractivity contribution >= 4 is 24.5 Å². The van der Waals surface area contributed by atoms with Gasteiger partial charge in [0, 0.05) is 25.0 Å². The Morgan fingerprint density at radius 1 is 1.73 bits per heavy atom. The number of likely N-dealkylation sites (N-methyl/N-ethyl adjacent to an activating group) is 1. The number of allylic oxidation sites excluding steroid dienone is 1. The van der Waals surface area contributed by atoms with Gasteiger partial charge in [0.2, 0.25) is 5.91 Å². The molecule has 6 heteroatoms. The normalized spacial score (nSPS) is 15.7. The largest absolute Gasteiger partial charge is 0.368 e. The maximum absolute atomic E-state index is 10.9. The molecule has 5 nitrogen and oxygen atoms in total. The lowest BCUT2D eigenvalue weighted by Crippen LogP contribution is -2.39. The Morgan fingerprint density at radius 2 is 2.47 bits per heavy atom. The number of nitrogens with two attached hydrogens (primary N) is 1. The van der Waals surface area contributed by atoms with Crippen LogP contribution in [0.5, 0.6) is 0 Å². The molecule has 4 N–H and O–H groups in total. The molecule has 0 spiro atoms. The quantitative estimate of drug-likeness (QED) is 0.631. The molecule has 1 unspecified atom stereocenters. The third-order valence-corrected chi connectivity index (χ3v) is 1.87. The van der Waals surface area contributed by atoms with Crippen LogP contribution >= 0.6 is 12.4 Å². The van der Waals surface area contributed by atoms with Gasteiger partial charge in [-0.05, 0) is 13.1 Å². The summed E-state index contributed by atoms with van der Waals surface area (Å²) in [7, 11) is 1.70. The van der Waals surface area contributed by atoms with Crippen LogP contribution in [0.2, 0.25) is 0 Å². The predicted molar refractivity (Wildman–Crippen MR) is 62.8 cm³/mol. The van der Waals surface area contributed by atoms with Gasteiger partial charge in [-0.25, -0.2) is 0 Å². The average Bonchev–Trinajstić information content (AvgIpc) is 2.41. The molecule has 1 atom stereocenters. The summed E-state index contributed by atoms with van der Waals surface area (Å²) in [5.41, 5.74) is 5.97. The van der Waals surface area contributed by atoms with Crippen LogP contribution in [0, 0.1) is 0 Å². The summed E-state index contributed by atoms with van der Waals surface area (Å²) in [6, 6.07) is -0.377. The first-order chi connectivity index (χ1) is 6.74. The maximum atomic E-state index is 10.9. The molecule has 1 aliphatic heterocycles. The highest BCUT2D eigenvalue weighted by Gasteiger charge is 2.14. The van der Waals surface area contributed by atoms with Crippen molar-refractivity contribution in [2.75, 3.05) is 7.05 Å². The van der Waals surface area contributed by atoms with Crippen LogP contribution in [0.3, 0.4) is 0 Å². The fourth-order valence-corrected chi connectivity index (χ4v) is 1.08. The summed E-state index contributed by atoms with van der Waals surface area (Å²) in [4.78, 5) is 15.1. The van der Waals surface area contributed by atoms with E-state index in [0.29, 0.717) is 6.42 Å². The van der Waals surface area contributed by atoms with E-state index in [4.69, 9.17) is 5.73 Å². The topological polar surface area (TPSA) is 79.5 Å². The van der Waals surface area contributed by atoms with Gasteiger partial charge in [-0.15, -0.1) is 12.4 Å². The van der Waals surface area contributed by atoms with Gasteiger partial charge >= 0.3 is 0 Å². The lowest BCUT2D eigenvalue weighted by atomic mass is 10.1. The summed E-state index contributed by atoms with van der Waals surface area (Å²) in [5, 5.41) is 5.75. The van der Waals surface area contributed by atoms with Gasteiger partial charge < -0.3 is 16.4 Å². The molecule has 1 heterocycles. The van der Waals surface area contributed by atoms with Gasteiger partial charge in [0.25, 0.3) is 0 Å². The van der Waals surface area contributed by atoms with Gasteiger partial charge in [-0.3, -0.25) is 9.79 Å². The van der Waals surface area contributed by atoms with E-state index in [-0.39, 0.29) is 24.4 Å². The standard InChI is InChI=1S/C9H14N4O.ClH/c1-11-8(9(10)14)5-7-6-12-3-2-4-13-7;/h2-4,6,8,11-12H,5H2,1H3,(H2,10,14);1H. The number of hydrogen-bond donors (Lipinski definition) is 3. The number of carbonyl (C=O) groups is 1. The van der Waals surface area contributed by atoms with Crippen LogP contribution < -0.4 is 16.4 Å². The van der Waals surface area contributed by atoms with Crippen molar-refractivity contribution in [3.63, 3.8) is 0 Å². The minimum absolute atomic E-state index is 0. The van der Waals surface area contributed by atoms with Crippen molar-refractivity contribution in [1.29, 1.82) is 0 Å². The number of hydrogen-bond acceptors (Lipinski definition) is 4. The number of amides is 1. The number of nitrogens with zero attached hydrogens (tertiary/aromatic N) is 1. The van der Waals surface area contributed by atoms with E-state index in [1.54, 1.807) is 31.7 Å². The predicted octanol–water partition coefficient (Wildman–Crippen LogP) is -0.0993. The first kappa shape index (κ1) is 13.7. The monoisotopic (exact) mass is 230 g/mol. The van der Waals surface area contributed by atoms with Crippen LogP contribution in [0.4, 0.5) is 0 Å². The molecule has 0 radical (unpaired) electrons. The summed E-state index contributed by atoms with van der Waals surface area (Å²) in [5.74, 6) is -0.374. The molecule has 0 fully saturated rings. The highest BCUT2D eigenvalue weighted by atomic mass is 35.5. The number of halogens is 1. The highest BCUT2D eigenvalue weighted by molar-refractivity contribution is 5.85. The fourth-order valence-electron chi connectivity index (χ4n) is 1.08. The number of aliphatic imine (C=N–C) groups is 1. The third kappa shape index (κ3) is 4.62. The van der Waals surface area contributed by atoms with E-state index in [1.807, 2.05) is 0 Å². The van der Waals surface area contributed by atoms with Crippen LogP contribution in [0.25, 0.3) is 0 Å². The van der Waals surface area contributed by atoms with Crippen molar-refractivity contribution in [3.8, 4) is 0 Å². The second kappa shape index (κ2) is 7.03. The molecule has 0 saturated carbocycles. The Bertz CT molecular complexity index is 298. The first-order valence-electron chi connectivity index (χ1n) is 4.35. The molecule has 0 aliphatic carbocycles. The highest BCUT2D eigenvalue weighted by Crippen LogP contribution is 2.06. The minimum atomic E-state index is -0.377. The number of carbonyl (C=O) groups excluding carboxylic acids is 1. The Hall–Kier alpha value is -1.33. The lowest BCUT2D eigenvalue weighted by molar-refractivity contribution is -0.119. The van der Waals surface area contributed by atoms with Gasteiger partial charge in [-0.1, -0.05) is 0 Å². The Balaban J connectivity index is 0.00000196. The smallest absolute Gasteiger partial charge is 0.234 e. The zero-order chi connectivity index (χ0) is 10.4. The summed E-state index contributed by atoms with van der Waals surface area (Å²) in [6.07, 6.45) is 7.43. The van der Waals surface area contributed by atoms with Crippen LogP contribution in [-0.4, -0.2) is 25.2 Å². The Morgan fingerprint density at radius 3 is 3.07 bits per heavy atom. The van der Waals surface area contributed by atoms with Crippen molar-refractivity contribution in [2.45, 2.75) is 12.5 Å². The van der Waals surface area contributed by atoms with Crippen molar-refractivity contribution < 1.29 is 4.79 Å². The van der Waals surface area contributed by atoms with E-state index >= 15 is 0 Å². The summed E-state index contributed by atoms with van der Waals surface area (Å²) in [6.45, 7) is 0. The Kier molecular flexibility index (Phi) is 6.40. The molecule has 0 bridgehead atoms. The average molecular weight is 231 g/mol. The lowest BCUT2D eigenvalue weighted by Gasteiger charge is -2.11. The van der Waals surface area contributed by atoms with Crippen molar-refractivity contribution in [2.24, 2.45) is 10.7 Å². The van der Waals surface area contributed by atoms with Crippen LogP contribution in [-0.2, 0) is 4.79 Å². The minimum Gasteiger partial charge on any atom is -0.368 e. The summed E-state index contributed by atoms with van der Waals surface area (Å²) < 4.78 is 0. The summed E-state index contributed by atoms with van der Waals surface area (Å²) >= 11 is 0. The van der Waals surface area contributed by atoms with E-state index in [9.17, 15) is 4.79 Å². The first-order valence-corrected chi connectivity index (χ1v) is 4.35. The zero-order valence-corrected chi connectivity index (χ0v) is 9.25. The van der Waals surface area contributed by atoms with Gasteiger partial charge in [0.1, 0.15) is 0 Å². The molecule has 1 aliphatic rings. The number of primary amides is 1. The molecule has 15 heavy (non-hydrogen) atoms. The third-order valence-electron chi connectivity index (χ3n) is 1.87. The van der Waals surface area contributed by atoms with E-state index in [2.05, 4.69) is 15.6 Å². The van der Waals surface area contributed by atoms with E-state index < -0.39 is 0 Å². The molecule has 84 valence electrons. The second-order valence-electron chi connectivity index (χ2n) is 2.89. The number of rotatable bonds is 4. The maximum Gasteiger partial charge on any atom is 0.234 e. The number of nitrogens with one attached hydrogen (secondary N) is 2. The molecular formula is C9H15ClN4O. The molecule has 1 rings (SSSR count). The molecule has 0 aromatic rings. The molecule has 0 aromatic carbocycles. The van der Waals surface area contributed by atoms with Crippen molar-refractivity contribution in [1.82, 2.24) is 10.6 Å². The van der Waals surface area contributed by atoms with E-state index in [0.717, 1.165) is 5.70 Å².